The number of nitrogens with zero attached hydrogens (tertiary/aromatic N) is 3. The Morgan fingerprint density at radius 2 is 1.95 bits per heavy atom. The molecule has 2 rings (SSSR count). The minimum Gasteiger partial charge on any atom is -0.409 e. The molecule has 3 N–H and O–H groups in total. The topological polar surface area (TPSA) is 65.1 Å². The Hall–Kier alpha value is -1.82. The van der Waals surface area contributed by atoms with Gasteiger partial charge in [-0.25, -0.2) is 4.39 Å². The van der Waals surface area contributed by atoms with Crippen molar-refractivity contribution in [3.63, 3.8) is 0 Å². The fourth-order valence-electron chi connectivity index (χ4n) is 2.24. The lowest BCUT2D eigenvalue weighted by Gasteiger charge is -2.36. The van der Waals surface area contributed by atoms with Crippen LogP contribution in [0.3, 0.4) is 0 Å². The number of halogens is 1. The third-order valence-corrected chi connectivity index (χ3v) is 3.38. The first-order valence-corrected chi connectivity index (χ1v) is 6.39. The fourth-order valence-corrected chi connectivity index (χ4v) is 2.24. The van der Waals surface area contributed by atoms with Gasteiger partial charge < -0.3 is 15.8 Å². The monoisotopic (exact) mass is 266 g/mol. The molecule has 0 saturated carbocycles. The van der Waals surface area contributed by atoms with Crippen molar-refractivity contribution in [2.24, 2.45) is 10.9 Å². The largest absolute Gasteiger partial charge is 0.409 e. The van der Waals surface area contributed by atoms with Crippen LogP contribution >= 0.6 is 0 Å². The van der Waals surface area contributed by atoms with E-state index in [0.29, 0.717) is 12.1 Å². The van der Waals surface area contributed by atoms with E-state index in [1.807, 2.05) is 6.07 Å². The zero-order valence-electron chi connectivity index (χ0n) is 10.8. The molecule has 1 saturated heterocycles. The smallest absolute Gasteiger partial charge is 0.146 e. The highest BCUT2D eigenvalue weighted by Crippen LogP contribution is 2.20. The average molecular weight is 266 g/mol. The van der Waals surface area contributed by atoms with Gasteiger partial charge in [-0.15, -0.1) is 0 Å². The minimum atomic E-state index is -0.174. The summed E-state index contributed by atoms with van der Waals surface area (Å²) in [5.41, 5.74) is 6.11. The third kappa shape index (κ3) is 3.57. The number of benzene rings is 1. The molecule has 1 aliphatic heterocycles. The predicted molar refractivity (Wildman–Crippen MR) is 73.1 cm³/mol. The molecule has 0 amide bonds. The maximum Gasteiger partial charge on any atom is 0.146 e. The summed E-state index contributed by atoms with van der Waals surface area (Å²) in [6, 6.07) is 6.84. The number of piperazine rings is 1. The molecule has 1 heterocycles. The maximum atomic E-state index is 13.7. The Morgan fingerprint density at radius 1 is 1.26 bits per heavy atom. The second-order valence-electron chi connectivity index (χ2n) is 4.62. The molecule has 1 aromatic carbocycles. The molecule has 1 fully saturated rings. The number of amidine groups is 1. The van der Waals surface area contributed by atoms with Crippen molar-refractivity contribution in [3.05, 3.63) is 30.1 Å². The zero-order chi connectivity index (χ0) is 13.7. The van der Waals surface area contributed by atoms with Crippen LogP contribution in [0.5, 0.6) is 0 Å². The minimum absolute atomic E-state index is 0.174. The summed E-state index contributed by atoms with van der Waals surface area (Å²) in [4.78, 5) is 4.28. The molecule has 6 heteroatoms. The Labute approximate surface area is 112 Å². The second-order valence-corrected chi connectivity index (χ2v) is 4.62. The van der Waals surface area contributed by atoms with E-state index in [2.05, 4.69) is 15.0 Å². The number of hydrogen-bond acceptors (Lipinski definition) is 4. The third-order valence-electron chi connectivity index (χ3n) is 3.38. The second kappa shape index (κ2) is 6.38. The zero-order valence-corrected chi connectivity index (χ0v) is 10.8. The van der Waals surface area contributed by atoms with Crippen molar-refractivity contribution < 1.29 is 9.60 Å². The van der Waals surface area contributed by atoms with Crippen LogP contribution in [0.25, 0.3) is 0 Å². The number of nitrogens with two attached hydrogens (primary N) is 1. The highest BCUT2D eigenvalue weighted by molar-refractivity contribution is 5.79. The van der Waals surface area contributed by atoms with Gasteiger partial charge in [0.2, 0.25) is 0 Å². The molecule has 1 aliphatic rings. The first-order chi connectivity index (χ1) is 9.20. The summed E-state index contributed by atoms with van der Waals surface area (Å²) in [6.07, 6.45) is 0.552. The molecular formula is C13H19FN4O. The van der Waals surface area contributed by atoms with E-state index in [9.17, 15) is 4.39 Å². The van der Waals surface area contributed by atoms with E-state index in [-0.39, 0.29) is 11.7 Å². The Morgan fingerprint density at radius 3 is 2.58 bits per heavy atom. The summed E-state index contributed by atoms with van der Waals surface area (Å²) in [7, 11) is 0. The van der Waals surface area contributed by atoms with Crippen LogP contribution in [0, 0.1) is 5.82 Å². The van der Waals surface area contributed by atoms with E-state index >= 15 is 0 Å². The highest BCUT2D eigenvalue weighted by Gasteiger charge is 2.18. The van der Waals surface area contributed by atoms with Gasteiger partial charge in [0.25, 0.3) is 0 Å². The van der Waals surface area contributed by atoms with Crippen molar-refractivity contribution in [1.82, 2.24) is 4.90 Å². The van der Waals surface area contributed by atoms with E-state index in [0.717, 1.165) is 32.7 Å². The first-order valence-electron chi connectivity index (χ1n) is 6.39. The van der Waals surface area contributed by atoms with Gasteiger partial charge in [0.1, 0.15) is 11.7 Å². The van der Waals surface area contributed by atoms with Gasteiger partial charge in [-0.1, -0.05) is 17.3 Å². The SMILES string of the molecule is N/C(CCN1CCN(c2ccccc2F)CC1)=N\O. The molecule has 0 bridgehead atoms. The van der Waals surface area contributed by atoms with Crippen molar-refractivity contribution in [1.29, 1.82) is 0 Å². The van der Waals surface area contributed by atoms with Crippen LogP contribution in [0.2, 0.25) is 0 Å². The fraction of sp³-hybridized carbons (Fsp3) is 0.462. The molecule has 0 aliphatic carbocycles. The molecule has 0 unspecified atom stereocenters. The summed E-state index contributed by atoms with van der Waals surface area (Å²) in [6.45, 7) is 4.05. The summed E-state index contributed by atoms with van der Waals surface area (Å²) < 4.78 is 13.7. The van der Waals surface area contributed by atoms with E-state index in [4.69, 9.17) is 10.9 Å². The Balaban J connectivity index is 1.84. The number of rotatable bonds is 4. The standard InChI is InChI=1S/C13H19FN4O/c14-11-3-1-2-4-12(11)18-9-7-17(8-10-18)6-5-13(15)16-19/h1-4,19H,5-10H2,(H2,15,16). The van der Waals surface area contributed by atoms with Crippen LogP contribution < -0.4 is 10.6 Å². The van der Waals surface area contributed by atoms with Crippen LogP contribution in [0.4, 0.5) is 10.1 Å². The quantitative estimate of drug-likeness (QED) is 0.370. The molecule has 5 nitrogen and oxygen atoms in total. The maximum absolute atomic E-state index is 13.7. The number of oxime groups is 1. The molecule has 0 aromatic heterocycles. The molecule has 0 spiro atoms. The van der Waals surface area contributed by atoms with Crippen LogP contribution in [0.15, 0.2) is 29.4 Å². The van der Waals surface area contributed by atoms with Crippen LogP contribution in [-0.2, 0) is 0 Å². The van der Waals surface area contributed by atoms with E-state index in [1.54, 1.807) is 12.1 Å². The van der Waals surface area contributed by atoms with Gasteiger partial charge in [-0.05, 0) is 12.1 Å². The van der Waals surface area contributed by atoms with Gasteiger partial charge in [-0.2, -0.15) is 0 Å². The predicted octanol–water partition coefficient (Wildman–Crippen LogP) is 1.08. The van der Waals surface area contributed by atoms with E-state index in [1.165, 1.54) is 6.07 Å². The van der Waals surface area contributed by atoms with Crippen molar-refractivity contribution >= 4 is 11.5 Å². The lowest BCUT2D eigenvalue weighted by atomic mass is 10.2. The van der Waals surface area contributed by atoms with Crippen LogP contribution in [-0.4, -0.2) is 48.7 Å². The van der Waals surface area contributed by atoms with Crippen LogP contribution in [0.1, 0.15) is 6.42 Å². The number of para-hydroxylation sites is 1. The average Bonchev–Trinajstić information content (AvgIpc) is 2.46. The lowest BCUT2D eigenvalue weighted by molar-refractivity contribution is 0.261. The first kappa shape index (κ1) is 13.6. The molecule has 0 atom stereocenters. The van der Waals surface area contributed by atoms with E-state index < -0.39 is 0 Å². The Kier molecular flexibility index (Phi) is 4.57. The van der Waals surface area contributed by atoms with Gasteiger partial charge in [0.05, 0.1) is 5.69 Å². The lowest BCUT2D eigenvalue weighted by Crippen LogP contribution is -2.47. The number of hydrogen-bond donors (Lipinski definition) is 2. The van der Waals surface area contributed by atoms with Gasteiger partial charge in [0.15, 0.2) is 0 Å². The molecular weight excluding hydrogens is 247 g/mol. The summed E-state index contributed by atoms with van der Waals surface area (Å²) >= 11 is 0. The van der Waals surface area contributed by atoms with Crippen molar-refractivity contribution in [2.45, 2.75) is 6.42 Å². The normalized spacial score (nSPS) is 17.7. The molecule has 19 heavy (non-hydrogen) atoms. The van der Waals surface area contributed by atoms with Gasteiger partial charge in [-0.3, -0.25) is 4.90 Å². The summed E-state index contributed by atoms with van der Waals surface area (Å²) in [5, 5.41) is 11.4. The van der Waals surface area contributed by atoms with Crippen molar-refractivity contribution in [2.75, 3.05) is 37.6 Å². The van der Waals surface area contributed by atoms with Gasteiger partial charge in [0, 0.05) is 39.1 Å². The molecule has 1 aromatic rings. The highest BCUT2D eigenvalue weighted by atomic mass is 19.1. The Bertz CT molecular complexity index is 444. The molecule has 0 radical (unpaired) electrons. The van der Waals surface area contributed by atoms with Crippen molar-refractivity contribution in [3.8, 4) is 0 Å². The number of anilines is 1. The summed E-state index contributed by atoms with van der Waals surface area (Å²) in [5.74, 6) is 0.0733. The molecule has 104 valence electrons. The van der Waals surface area contributed by atoms with Gasteiger partial charge >= 0.3 is 0 Å².